The van der Waals surface area contributed by atoms with Gasteiger partial charge < -0.3 is 4.98 Å². The molecule has 0 unspecified atom stereocenters. The summed E-state index contributed by atoms with van der Waals surface area (Å²) in [5, 5.41) is 3.41. The van der Waals surface area contributed by atoms with E-state index in [1.165, 1.54) is 0 Å². The van der Waals surface area contributed by atoms with Gasteiger partial charge >= 0.3 is 0 Å². The minimum absolute atomic E-state index is 0.331. The third kappa shape index (κ3) is 1.42. The normalized spacial score (nSPS) is 13.6. The highest BCUT2D eigenvalue weighted by molar-refractivity contribution is 6.24. The van der Waals surface area contributed by atoms with Crippen LogP contribution >= 0.6 is 0 Å². The van der Waals surface area contributed by atoms with Gasteiger partial charge in [-0.25, -0.2) is 0 Å². The molecule has 1 aromatic heterocycles. The first kappa shape index (κ1) is 11.0. The number of rotatable bonds is 1. The maximum absolute atomic E-state index is 11.9. The van der Waals surface area contributed by atoms with Crippen molar-refractivity contribution in [1.29, 1.82) is 0 Å². The largest absolute Gasteiger partial charge is 0.355 e. The zero-order valence-corrected chi connectivity index (χ0v) is 10.4. The van der Waals surface area contributed by atoms with Gasteiger partial charge in [0.05, 0.1) is 11.1 Å². The van der Waals surface area contributed by atoms with Gasteiger partial charge in [0.1, 0.15) is 0 Å². The quantitative estimate of drug-likeness (QED) is 0.662. The number of para-hydroxylation sites is 1. The molecule has 2 N–H and O–H groups in total. The van der Waals surface area contributed by atoms with Gasteiger partial charge in [-0.2, -0.15) is 0 Å². The number of H-pyrrole nitrogens is 1. The highest BCUT2D eigenvalue weighted by atomic mass is 16.2. The standard InChI is InChI=1S/C16H10N2O2/c19-15-11-6-3-5-10(14(11)16(20)18-15)13-8-9-4-1-2-7-12(9)17-13/h1-8,17H,(H,18,19,20). The zero-order valence-electron chi connectivity index (χ0n) is 10.4. The maximum Gasteiger partial charge on any atom is 0.259 e. The average molecular weight is 262 g/mol. The van der Waals surface area contributed by atoms with Gasteiger partial charge in [-0.1, -0.05) is 30.3 Å². The van der Waals surface area contributed by atoms with Crippen molar-refractivity contribution in [1.82, 2.24) is 10.3 Å². The molecule has 0 bridgehead atoms. The van der Waals surface area contributed by atoms with E-state index in [4.69, 9.17) is 0 Å². The number of benzene rings is 2. The van der Waals surface area contributed by atoms with Crippen LogP contribution in [0.2, 0.25) is 0 Å². The summed E-state index contributed by atoms with van der Waals surface area (Å²) in [4.78, 5) is 26.9. The first-order valence-corrected chi connectivity index (χ1v) is 6.31. The van der Waals surface area contributed by atoms with Crippen LogP contribution in [0.1, 0.15) is 20.7 Å². The van der Waals surface area contributed by atoms with E-state index in [0.717, 1.165) is 22.2 Å². The fraction of sp³-hybridized carbons (Fsp3) is 0. The van der Waals surface area contributed by atoms with Crippen molar-refractivity contribution >= 4 is 22.7 Å². The molecule has 0 spiro atoms. The van der Waals surface area contributed by atoms with Crippen LogP contribution in [0.5, 0.6) is 0 Å². The fourth-order valence-electron chi connectivity index (χ4n) is 2.66. The van der Waals surface area contributed by atoms with Crippen molar-refractivity contribution in [3.05, 3.63) is 59.7 Å². The lowest BCUT2D eigenvalue weighted by Crippen LogP contribution is -2.20. The van der Waals surface area contributed by atoms with Gasteiger partial charge in [-0.05, 0) is 18.2 Å². The molecule has 2 amide bonds. The Morgan fingerprint density at radius 2 is 1.60 bits per heavy atom. The Morgan fingerprint density at radius 3 is 2.45 bits per heavy atom. The number of carbonyl (C=O) groups is 2. The monoisotopic (exact) mass is 262 g/mol. The van der Waals surface area contributed by atoms with E-state index >= 15 is 0 Å². The van der Waals surface area contributed by atoms with E-state index in [1.54, 1.807) is 12.1 Å². The molecule has 0 atom stereocenters. The second-order valence-electron chi connectivity index (χ2n) is 4.78. The lowest BCUT2D eigenvalue weighted by Gasteiger charge is -2.03. The van der Waals surface area contributed by atoms with Crippen molar-refractivity contribution in [3.8, 4) is 11.3 Å². The van der Waals surface area contributed by atoms with E-state index in [0.29, 0.717) is 11.1 Å². The van der Waals surface area contributed by atoms with Gasteiger partial charge in [0, 0.05) is 22.2 Å². The SMILES string of the molecule is O=C1NC(=O)c2c1cccc2-c1cc2ccccc2[nH]1. The molecule has 0 aliphatic carbocycles. The van der Waals surface area contributed by atoms with Crippen LogP contribution in [0.4, 0.5) is 0 Å². The number of imide groups is 1. The number of carbonyl (C=O) groups excluding carboxylic acids is 2. The summed E-state index contributed by atoms with van der Waals surface area (Å²) in [6, 6.07) is 15.2. The van der Waals surface area contributed by atoms with E-state index < -0.39 is 0 Å². The molecule has 0 fully saturated rings. The van der Waals surface area contributed by atoms with E-state index in [1.807, 2.05) is 36.4 Å². The van der Waals surface area contributed by atoms with Crippen molar-refractivity contribution in [2.75, 3.05) is 0 Å². The Kier molecular flexibility index (Phi) is 2.09. The molecular formula is C16H10N2O2. The summed E-state index contributed by atoms with van der Waals surface area (Å²) in [5.74, 6) is -0.665. The summed E-state index contributed by atoms with van der Waals surface area (Å²) in [7, 11) is 0. The summed E-state index contributed by atoms with van der Waals surface area (Å²) < 4.78 is 0. The summed E-state index contributed by atoms with van der Waals surface area (Å²) in [6.45, 7) is 0. The summed E-state index contributed by atoms with van der Waals surface area (Å²) in [6.07, 6.45) is 0. The predicted octanol–water partition coefficient (Wildman–Crippen LogP) is 2.72. The van der Waals surface area contributed by atoms with Gasteiger partial charge in [-0.3, -0.25) is 14.9 Å². The highest BCUT2D eigenvalue weighted by Crippen LogP contribution is 2.30. The first-order valence-electron chi connectivity index (χ1n) is 6.31. The van der Waals surface area contributed by atoms with Crippen LogP contribution in [0.3, 0.4) is 0 Å². The molecule has 2 heterocycles. The van der Waals surface area contributed by atoms with Gasteiger partial charge in [0.2, 0.25) is 0 Å². The molecule has 0 saturated carbocycles. The lowest BCUT2D eigenvalue weighted by molar-refractivity contribution is 0.0880. The van der Waals surface area contributed by atoms with E-state index in [2.05, 4.69) is 10.3 Å². The number of nitrogens with one attached hydrogen (secondary N) is 2. The van der Waals surface area contributed by atoms with Crippen molar-refractivity contribution in [2.45, 2.75) is 0 Å². The second kappa shape index (κ2) is 3.81. The molecule has 4 rings (SSSR count). The zero-order chi connectivity index (χ0) is 13.7. The summed E-state index contributed by atoms with van der Waals surface area (Å²) >= 11 is 0. The Bertz CT molecular complexity index is 844. The summed E-state index contributed by atoms with van der Waals surface area (Å²) in [5.41, 5.74) is 3.48. The minimum atomic E-state index is -0.334. The number of amides is 2. The van der Waals surface area contributed by atoms with Gasteiger partial charge in [0.25, 0.3) is 11.8 Å². The Balaban J connectivity index is 2.00. The van der Waals surface area contributed by atoms with E-state index in [9.17, 15) is 9.59 Å². The number of hydrogen-bond acceptors (Lipinski definition) is 2. The number of hydrogen-bond donors (Lipinski definition) is 2. The molecule has 0 radical (unpaired) electrons. The van der Waals surface area contributed by atoms with Crippen LogP contribution < -0.4 is 5.32 Å². The number of aromatic amines is 1. The minimum Gasteiger partial charge on any atom is -0.355 e. The molecule has 0 saturated heterocycles. The second-order valence-corrected chi connectivity index (χ2v) is 4.78. The third-order valence-electron chi connectivity index (χ3n) is 3.58. The molecular weight excluding hydrogens is 252 g/mol. The van der Waals surface area contributed by atoms with Crippen molar-refractivity contribution < 1.29 is 9.59 Å². The maximum atomic E-state index is 11.9. The van der Waals surface area contributed by atoms with Crippen LogP contribution in [0.25, 0.3) is 22.2 Å². The molecule has 96 valence electrons. The van der Waals surface area contributed by atoms with Crippen molar-refractivity contribution in [3.63, 3.8) is 0 Å². The fourth-order valence-corrected chi connectivity index (χ4v) is 2.66. The smallest absolute Gasteiger partial charge is 0.259 e. The van der Waals surface area contributed by atoms with Crippen LogP contribution in [0, 0.1) is 0 Å². The topological polar surface area (TPSA) is 62.0 Å². The third-order valence-corrected chi connectivity index (χ3v) is 3.58. The number of fused-ring (bicyclic) bond motifs is 2. The van der Waals surface area contributed by atoms with E-state index in [-0.39, 0.29) is 11.8 Å². The molecule has 20 heavy (non-hydrogen) atoms. The predicted molar refractivity (Wildman–Crippen MR) is 75.5 cm³/mol. The molecule has 1 aliphatic rings. The van der Waals surface area contributed by atoms with Crippen molar-refractivity contribution in [2.24, 2.45) is 0 Å². The van der Waals surface area contributed by atoms with Gasteiger partial charge in [0.15, 0.2) is 0 Å². The average Bonchev–Trinajstić information content (AvgIpc) is 3.01. The van der Waals surface area contributed by atoms with Crippen LogP contribution in [-0.4, -0.2) is 16.8 Å². The molecule has 1 aliphatic heterocycles. The molecule has 3 aromatic rings. The van der Waals surface area contributed by atoms with Gasteiger partial charge in [-0.15, -0.1) is 0 Å². The Hall–Kier alpha value is -2.88. The molecule has 2 aromatic carbocycles. The Labute approximate surface area is 114 Å². The lowest BCUT2D eigenvalue weighted by atomic mass is 10.0. The molecule has 4 heteroatoms. The first-order chi connectivity index (χ1) is 9.74. The number of aromatic nitrogens is 1. The molecule has 4 nitrogen and oxygen atoms in total. The Morgan fingerprint density at radius 1 is 0.800 bits per heavy atom. The highest BCUT2D eigenvalue weighted by Gasteiger charge is 2.29. The van der Waals surface area contributed by atoms with Crippen LogP contribution in [0.15, 0.2) is 48.5 Å². The van der Waals surface area contributed by atoms with Crippen LogP contribution in [-0.2, 0) is 0 Å².